The predicted octanol–water partition coefficient (Wildman–Crippen LogP) is 0.310. The van der Waals surface area contributed by atoms with Gasteiger partial charge in [-0.3, -0.25) is 4.79 Å². The number of sulfone groups is 1. The summed E-state index contributed by atoms with van der Waals surface area (Å²) < 4.78 is 23.3. The molecule has 138 valence electrons. The Balaban J connectivity index is 1.47. The number of carbonyl (C=O) groups is 1. The smallest absolute Gasteiger partial charge is 0.233 e. The van der Waals surface area contributed by atoms with Crippen LogP contribution < -0.4 is 4.90 Å². The summed E-state index contributed by atoms with van der Waals surface area (Å²) >= 11 is 1.61. The summed E-state index contributed by atoms with van der Waals surface area (Å²) in [6, 6.07) is 6.54. The molecule has 2 heterocycles. The van der Waals surface area contributed by atoms with Gasteiger partial charge in [0.15, 0.2) is 9.84 Å². The van der Waals surface area contributed by atoms with Crippen molar-refractivity contribution in [3.8, 4) is 0 Å². The van der Waals surface area contributed by atoms with Gasteiger partial charge in [0.2, 0.25) is 5.91 Å². The Hall–Kier alpha value is -1.05. The highest BCUT2D eigenvalue weighted by molar-refractivity contribution is 8.00. The average molecular weight is 384 g/mol. The van der Waals surface area contributed by atoms with Crippen LogP contribution in [0.15, 0.2) is 23.1 Å². The second kappa shape index (κ2) is 7.68. The van der Waals surface area contributed by atoms with Gasteiger partial charge in [-0.1, -0.05) is 17.7 Å². The lowest BCUT2D eigenvalue weighted by molar-refractivity contribution is -0.925. The van der Waals surface area contributed by atoms with Gasteiger partial charge in [0, 0.05) is 11.3 Å². The average Bonchev–Trinajstić information content (AvgIpc) is 2.94. The second-order valence-electron chi connectivity index (χ2n) is 7.20. The van der Waals surface area contributed by atoms with Crippen LogP contribution in [-0.2, 0) is 14.6 Å². The highest BCUT2D eigenvalue weighted by atomic mass is 32.2. The van der Waals surface area contributed by atoms with E-state index in [9.17, 15) is 13.2 Å². The van der Waals surface area contributed by atoms with Crippen molar-refractivity contribution in [2.45, 2.75) is 31.2 Å². The Morgan fingerprint density at radius 1 is 1.28 bits per heavy atom. The zero-order valence-electron chi connectivity index (χ0n) is 15.0. The third-order valence-corrected chi connectivity index (χ3v) is 8.18. The number of aryl methyl sites for hydroxylation is 2. The molecule has 25 heavy (non-hydrogen) atoms. The molecule has 0 radical (unpaired) electrons. The quantitative estimate of drug-likeness (QED) is 0.761. The van der Waals surface area contributed by atoms with Crippen LogP contribution in [0.1, 0.15) is 17.5 Å². The van der Waals surface area contributed by atoms with E-state index in [1.807, 2.05) is 4.90 Å². The van der Waals surface area contributed by atoms with Crippen molar-refractivity contribution in [3.63, 3.8) is 0 Å². The summed E-state index contributed by atoms with van der Waals surface area (Å²) in [7, 11) is -2.83. The standard InChI is InChI=1S/C18H26N2O3S2/c1-14-3-4-17(15(2)11-14)24-12-18(21)20-8-6-19(7-9-20)16-5-10-25(22,23)13-16/h3-4,11,16H,5-10,12-13H2,1-2H3/p+1/t16-/m1/s1. The van der Waals surface area contributed by atoms with E-state index in [0.29, 0.717) is 17.3 Å². The van der Waals surface area contributed by atoms with Crippen molar-refractivity contribution >= 4 is 27.5 Å². The normalized spacial score (nSPS) is 23.8. The summed E-state index contributed by atoms with van der Waals surface area (Å²) in [4.78, 5) is 16.9. The number of piperazine rings is 1. The van der Waals surface area contributed by atoms with Gasteiger partial charge in [-0.2, -0.15) is 0 Å². The topological polar surface area (TPSA) is 58.9 Å². The Kier molecular flexibility index (Phi) is 5.75. The highest BCUT2D eigenvalue weighted by Crippen LogP contribution is 2.23. The van der Waals surface area contributed by atoms with E-state index < -0.39 is 9.84 Å². The van der Waals surface area contributed by atoms with Gasteiger partial charge >= 0.3 is 0 Å². The SMILES string of the molecule is Cc1ccc(SCC(=O)N2CC[NH+]([C@@H]3CCS(=O)(=O)C3)CC2)c(C)c1. The van der Waals surface area contributed by atoms with Crippen LogP contribution in [0.3, 0.4) is 0 Å². The minimum Gasteiger partial charge on any atom is -0.331 e. The third-order valence-electron chi connectivity index (χ3n) is 5.25. The van der Waals surface area contributed by atoms with Gasteiger partial charge in [-0.25, -0.2) is 8.42 Å². The Labute approximate surface area is 154 Å². The number of thioether (sulfide) groups is 1. The van der Waals surface area contributed by atoms with E-state index in [4.69, 9.17) is 0 Å². The molecule has 0 bridgehead atoms. The van der Waals surface area contributed by atoms with E-state index in [1.54, 1.807) is 11.8 Å². The second-order valence-corrected chi connectivity index (χ2v) is 10.4. The largest absolute Gasteiger partial charge is 0.331 e. The molecule has 1 N–H and O–H groups in total. The fourth-order valence-electron chi connectivity index (χ4n) is 3.76. The Morgan fingerprint density at radius 2 is 2.00 bits per heavy atom. The van der Waals surface area contributed by atoms with E-state index in [-0.39, 0.29) is 11.9 Å². The third kappa shape index (κ3) is 4.77. The maximum absolute atomic E-state index is 12.5. The highest BCUT2D eigenvalue weighted by Gasteiger charge is 2.37. The van der Waals surface area contributed by atoms with E-state index in [0.717, 1.165) is 32.6 Å². The lowest BCUT2D eigenvalue weighted by Crippen LogP contribution is -3.18. The number of hydrogen-bond donors (Lipinski definition) is 1. The fourth-order valence-corrected chi connectivity index (χ4v) is 6.50. The maximum atomic E-state index is 12.5. The van der Waals surface area contributed by atoms with Gasteiger partial charge in [-0.15, -0.1) is 11.8 Å². The lowest BCUT2D eigenvalue weighted by Gasteiger charge is -2.35. The van der Waals surface area contributed by atoms with Gasteiger partial charge in [-0.05, 0) is 25.5 Å². The molecular weight excluding hydrogens is 356 g/mol. The van der Waals surface area contributed by atoms with Crippen LogP contribution in [0.2, 0.25) is 0 Å². The first-order valence-electron chi connectivity index (χ1n) is 8.87. The van der Waals surface area contributed by atoms with Gasteiger partial charge in [0.1, 0.15) is 11.8 Å². The molecule has 2 saturated heterocycles. The van der Waals surface area contributed by atoms with E-state index in [1.165, 1.54) is 20.9 Å². The molecule has 1 atom stereocenters. The number of hydrogen-bond acceptors (Lipinski definition) is 4. The summed E-state index contributed by atoms with van der Waals surface area (Å²) in [5.74, 6) is 1.30. The molecule has 2 fully saturated rings. The minimum atomic E-state index is -2.83. The van der Waals surface area contributed by atoms with Crippen molar-refractivity contribution in [1.82, 2.24) is 4.90 Å². The molecule has 0 unspecified atom stereocenters. The van der Waals surface area contributed by atoms with Crippen LogP contribution >= 0.6 is 11.8 Å². The van der Waals surface area contributed by atoms with E-state index in [2.05, 4.69) is 32.0 Å². The van der Waals surface area contributed by atoms with Crippen molar-refractivity contribution in [1.29, 1.82) is 0 Å². The molecule has 7 heteroatoms. The molecule has 1 amide bonds. The fraction of sp³-hybridized carbons (Fsp3) is 0.611. The summed E-state index contributed by atoms with van der Waals surface area (Å²) in [5.41, 5.74) is 2.45. The summed E-state index contributed by atoms with van der Waals surface area (Å²) in [6.45, 7) is 7.35. The monoisotopic (exact) mass is 383 g/mol. The maximum Gasteiger partial charge on any atom is 0.233 e. The number of benzene rings is 1. The van der Waals surface area contributed by atoms with Crippen LogP contribution in [0, 0.1) is 13.8 Å². The molecule has 0 saturated carbocycles. The molecule has 0 spiro atoms. The predicted molar refractivity (Wildman–Crippen MR) is 101 cm³/mol. The van der Waals surface area contributed by atoms with E-state index >= 15 is 0 Å². The summed E-state index contributed by atoms with van der Waals surface area (Å²) in [6.07, 6.45) is 0.772. The van der Waals surface area contributed by atoms with Crippen molar-refractivity contribution in [2.75, 3.05) is 43.4 Å². The lowest BCUT2D eigenvalue weighted by atomic mass is 10.2. The van der Waals surface area contributed by atoms with Crippen molar-refractivity contribution in [3.05, 3.63) is 29.3 Å². The van der Waals surface area contributed by atoms with Crippen LogP contribution in [0.4, 0.5) is 0 Å². The molecule has 5 nitrogen and oxygen atoms in total. The minimum absolute atomic E-state index is 0.183. The molecule has 0 aromatic heterocycles. The number of nitrogens with one attached hydrogen (secondary N) is 1. The Bertz CT molecular complexity index is 741. The van der Waals surface area contributed by atoms with Gasteiger partial charge in [0.05, 0.1) is 37.7 Å². The first-order valence-corrected chi connectivity index (χ1v) is 11.7. The number of quaternary nitrogens is 1. The van der Waals surface area contributed by atoms with Gasteiger partial charge in [0.25, 0.3) is 0 Å². The molecule has 3 rings (SSSR count). The molecule has 0 aliphatic carbocycles. The molecule has 2 aliphatic rings. The molecule has 1 aromatic rings. The molecular formula is C18H27N2O3S2+. The van der Waals surface area contributed by atoms with Crippen LogP contribution in [0.5, 0.6) is 0 Å². The molecule has 1 aromatic carbocycles. The van der Waals surface area contributed by atoms with Crippen molar-refractivity contribution in [2.24, 2.45) is 0 Å². The van der Waals surface area contributed by atoms with Crippen LogP contribution in [0.25, 0.3) is 0 Å². The number of rotatable bonds is 4. The Morgan fingerprint density at radius 3 is 2.60 bits per heavy atom. The molecule has 2 aliphatic heterocycles. The number of nitrogens with zero attached hydrogens (tertiary/aromatic N) is 1. The van der Waals surface area contributed by atoms with Crippen LogP contribution in [-0.4, -0.2) is 68.7 Å². The summed E-state index contributed by atoms with van der Waals surface area (Å²) in [5, 5.41) is 0. The number of carbonyl (C=O) groups excluding carboxylic acids is 1. The first kappa shape index (κ1) is 18.7. The first-order chi connectivity index (χ1) is 11.8. The zero-order chi connectivity index (χ0) is 18.0. The van der Waals surface area contributed by atoms with Gasteiger partial charge < -0.3 is 9.80 Å². The zero-order valence-corrected chi connectivity index (χ0v) is 16.6. The van der Waals surface area contributed by atoms with Crippen molar-refractivity contribution < 1.29 is 18.1 Å². The number of amides is 1.